The van der Waals surface area contributed by atoms with E-state index in [1.807, 2.05) is 0 Å². The molecular formula is C11H10Cl2N4O3S. The summed E-state index contributed by atoms with van der Waals surface area (Å²) in [7, 11) is 0. The predicted octanol–water partition coefficient (Wildman–Crippen LogP) is 2.65. The molecule has 0 radical (unpaired) electrons. The fourth-order valence-electron chi connectivity index (χ4n) is 1.54. The Bertz CT molecular complexity index is 728. The number of carbonyl (C=O) groups excluding carboxylic acids is 1. The summed E-state index contributed by atoms with van der Waals surface area (Å²) in [4.78, 5) is 22.3. The Hall–Kier alpha value is -1.90. The van der Waals surface area contributed by atoms with E-state index in [1.54, 1.807) is 11.6 Å². The highest BCUT2D eigenvalue weighted by Gasteiger charge is 2.16. The molecule has 1 amide bonds. The van der Waals surface area contributed by atoms with E-state index in [4.69, 9.17) is 17.0 Å². The second kappa shape index (κ2) is 7.21. The van der Waals surface area contributed by atoms with Crippen molar-refractivity contribution >= 4 is 52.6 Å². The number of halogens is 2. The van der Waals surface area contributed by atoms with Crippen molar-refractivity contribution in [1.29, 1.82) is 5.41 Å². The predicted molar refractivity (Wildman–Crippen MR) is 82.1 cm³/mol. The van der Waals surface area contributed by atoms with E-state index >= 15 is 0 Å². The van der Waals surface area contributed by atoms with E-state index in [9.17, 15) is 14.9 Å². The molecule has 2 N–H and O–H groups in total. The van der Waals surface area contributed by atoms with Crippen molar-refractivity contribution in [2.45, 2.75) is 6.54 Å². The molecule has 112 valence electrons. The molecule has 1 aromatic heterocycles. The maximum Gasteiger partial charge on any atom is 0.292 e. The average molecular weight is 349 g/mol. The zero-order valence-corrected chi connectivity index (χ0v) is 12.8. The summed E-state index contributed by atoms with van der Waals surface area (Å²) in [5.74, 6) is -0.465. The number of rotatable bonds is 4. The minimum absolute atomic E-state index is 0. The van der Waals surface area contributed by atoms with Gasteiger partial charge in [0.2, 0.25) is 5.91 Å². The van der Waals surface area contributed by atoms with Crippen LogP contribution >= 0.6 is 35.3 Å². The van der Waals surface area contributed by atoms with Gasteiger partial charge in [-0.15, -0.1) is 23.7 Å². The minimum Gasteiger partial charge on any atom is -0.319 e. The molecule has 0 saturated heterocycles. The van der Waals surface area contributed by atoms with Gasteiger partial charge in [-0.1, -0.05) is 11.6 Å². The molecule has 7 nitrogen and oxygen atoms in total. The first kappa shape index (κ1) is 17.2. The molecule has 10 heteroatoms. The largest absolute Gasteiger partial charge is 0.319 e. The van der Waals surface area contributed by atoms with Crippen LogP contribution < -0.4 is 10.1 Å². The van der Waals surface area contributed by atoms with Gasteiger partial charge in [-0.25, -0.2) is 0 Å². The Morgan fingerprint density at radius 3 is 2.81 bits per heavy atom. The molecule has 0 unspecified atom stereocenters. The van der Waals surface area contributed by atoms with Crippen LogP contribution in [0, 0.1) is 15.5 Å². The lowest BCUT2D eigenvalue weighted by Gasteiger charge is -2.07. The van der Waals surface area contributed by atoms with Crippen molar-refractivity contribution in [2.24, 2.45) is 0 Å². The van der Waals surface area contributed by atoms with E-state index < -0.39 is 10.8 Å². The van der Waals surface area contributed by atoms with Gasteiger partial charge in [-0.3, -0.25) is 20.3 Å². The molecule has 1 aromatic carbocycles. The number of hydrogen-bond acceptors (Lipinski definition) is 5. The number of amides is 1. The van der Waals surface area contributed by atoms with Crippen LogP contribution in [0.3, 0.4) is 0 Å². The average Bonchev–Trinajstić information content (AvgIpc) is 2.74. The fourth-order valence-corrected chi connectivity index (χ4v) is 2.31. The SMILES string of the molecule is Cl.N=c1sccn1CC(=O)Nc1cc(Cl)ccc1[N+](=O)[O-]. The summed E-state index contributed by atoms with van der Waals surface area (Å²) < 4.78 is 1.43. The van der Waals surface area contributed by atoms with Crippen molar-refractivity contribution in [1.82, 2.24) is 4.57 Å². The molecule has 0 aliphatic carbocycles. The van der Waals surface area contributed by atoms with Crippen molar-refractivity contribution in [3.63, 3.8) is 0 Å². The molecule has 1 heterocycles. The van der Waals surface area contributed by atoms with Crippen molar-refractivity contribution in [3.8, 4) is 0 Å². The molecule has 0 bridgehead atoms. The van der Waals surface area contributed by atoms with Gasteiger partial charge in [0.1, 0.15) is 12.2 Å². The summed E-state index contributed by atoms with van der Waals surface area (Å²) in [5, 5.41) is 22.8. The number of nitro groups is 1. The third-order valence-corrected chi connectivity index (χ3v) is 3.38. The number of hydrogen-bond donors (Lipinski definition) is 2. The maximum atomic E-state index is 11.8. The summed E-state index contributed by atoms with van der Waals surface area (Å²) in [5.41, 5.74) is -0.195. The standard InChI is InChI=1S/C11H9ClN4O3S.ClH/c12-7-1-2-9(16(18)19)8(5-7)14-10(17)6-15-3-4-20-11(15)13;/h1-5,13H,6H2,(H,14,17);1H. The highest BCUT2D eigenvalue weighted by atomic mass is 35.5. The first-order valence-electron chi connectivity index (χ1n) is 5.39. The van der Waals surface area contributed by atoms with Crippen LogP contribution in [0.1, 0.15) is 0 Å². The Labute approximate surface area is 134 Å². The van der Waals surface area contributed by atoms with Crippen LogP contribution in [0.4, 0.5) is 11.4 Å². The fraction of sp³-hybridized carbons (Fsp3) is 0.0909. The normalized spacial score (nSPS) is 9.76. The van der Waals surface area contributed by atoms with Gasteiger partial charge in [0.05, 0.1) is 4.92 Å². The maximum absolute atomic E-state index is 11.8. The number of nitrogens with zero attached hydrogens (tertiary/aromatic N) is 2. The summed E-state index contributed by atoms with van der Waals surface area (Å²) in [6, 6.07) is 3.92. The Morgan fingerprint density at radius 2 is 2.24 bits per heavy atom. The third kappa shape index (κ3) is 4.28. The van der Waals surface area contributed by atoms with Crippen molar-refractivity contribution in [3.05, 3.63) is 49.7 Å². The number of thiazole rings is 1. The Kier molecular flexibility index (Phi) is 5.89. The highest BCUT2D eigenvalue weighted by molar-refractivity contribution is 7.06. The zero-order valence-electron chi connectivity index (χ0n) is 10.4. The molecule has 0 aliphatic rings. The second-order valence-corrected chi connectivity index (χ2v) is 5.13. The number of anilines is 1. The monoisotopic (exact) mass is 348 g/mol. The molecule has 0 aliphatic heterocycles. The molecule has 0 fully saturated rings. The Morgan fingerprint density at radius 1 is 1.52 bits per heavy atom. The van der Waals surface area contributed by atoms with E-state index in [2.05, 4.69) is 5.32 Å². The third-order valence-electron chi connectivity index (χ3n) is 2.42. The lowest BCUT2D eigenvalue weighted by Crippen LogP contribution is -2.24. The molecule has 0 spiro atoms. The van der Waals surface area contributed by atoms with Crippen LogP contribution in [-0.4, -0.2) is 15.4 Å². The smallest absolute Gasteiger partial charge is 0.292 e. The first-order chi connectivity index (χ1) is 9.47. The van der Waals surface area contributed by atoms with Gasteiger partial charge < -0.3 is 9.88 Å². The minimum atomic E-state index is -0.598. The van der Waals surface area contributed by atoms with Crippen LogP contribution in [0.25, 0.3) is 0 Å². The number of carbonyl (C=O) groups is 1. The molecule has 21 heavy (non-hydrogen) atoms. The number of nitrogens with one attached hydrogen (secondary N) is 2. The van der Waals surface area contributed by atoms with E-state index in [1.165, 1.54) is 34.1 Å². The van der Waals surface area contributed by atoms with Gasteiger partial charge in [-0.2, -0.15) is 0 Å². The van der Waals surface area contributed by atoms with Crippen LogP contribution in [0.5, 0.6) is 0 Å². The van der Waals surface area contributed by atoms with Gasteiger partial charge in [0, 0.05) is 22.7 Å². The number of aromatic nitrogens is 1. The van der Waals surface area contributed by atoms with Gasteiger partial charge >= 0.3 is 0 Å². The number of benzene rings is 1. The van der Waals surface area contributed by atoms with Crippen LogP contribution in [-0.2, 0) is 11.3 Å². The van der Waals surface area contributed by atoms with E-state index in [0.29, 0.717) is 0 Å². The van der Waals surface area contributed by atoms with Gasteiger partial charge in [0.15, 0.2) is 4.80 Å². The number of nitro benzene ring substituents is 1. The van der Waals surface area contributed by atoms with Crippen LogP contribution in [0.2, 0.25) is 5.02 Å². The van der Waals surface area contributed by atoms with E-state index in [0.717, 1.165) is 0 Å². The zero-order chi connectivity index (χ0) is 14.7. The molecule has 2 rings (SSSR count). The lowest BCUT2D eigenvalue weighted by atomic mass is 10.2. The van der Waals surface area contributed by atoms with Crippen LogP contribution in [0.15, 0.2) is 29.8 Å². The summed E-state index contributed by atoms with van der Waals surface area (Å²) in [6.07, 6.45) is 1.60. The van der Waals surface area contributed by atoms with E-state index in [-0.39, 0.29) is 40.2 Å². The quantitative estimate of drug-likeness (QED) is 0.655. The summed E-state index contributed by atoms with van der Waals surface area (Å²) in [6.45, 7) is -0.0913. The second-order valence-electron chi connectivity index (χ2n) is 3.80. The van der Waals surface area contributed by atoms with Crippen molar-refractivity contribution < 1.29 is 9.72 Å². The topological polar surface area (TPSA) is 101 Å². The first-order valence-corrected chi connectivity index (χ1v) is 6.65. The molecular weight excluding hydrogens is 339 g/mol. The highest BCUT2D eigenvalue weighted by Crippen LogP contribution is 2.27. The lowest BCUT2D eigenvalue weighted by molar-refractivity contribution is -0.383. The van der Waals surface area contributed by atoms with Gasteiger partial charge in [0.25, 0.3) is 5.69 Å². The Balaban J connectivity index is 0.00000220. The molecule has 0 atom stereocenters. The van der Waals surface area contributed by atoms with Gasteiger partial charge in [-0.05, 0) is 12.1 Å². The summed E-state index contributed by atoms with van der Waals surface area (Å²) >= 11 is 6.95. The van der Waals surface area contributed by atoms with Crippen molar-refractivity contribution in [2.75, 3.05) is 5.32 Å². The molecule has 0 saturated carbocycles. The molecule has 2 aromatic rings.